The Balaban J connectivity index is 2.18. The summed E-state index contributed by atoms with van der Waals surface area (Å²) >= 11 is 1.62. The van der Waals surface area contributed by atoms with Crippen LogP contribution in [0.25, 0.3) is 10.2 Å². The van der Waals surface area contributed by atoms with Gasteiger partial charge in [0.2, 0.25) is 11.8 Å². The van der Waals surface area contributed by atoms with E-state index in [4.69, 9.17) is 4.74 Å². The molecule has 0 fully saturated rings. The van der Waals surface area contributed by atoms with Gasteiger partial charge in [-0.3, -0.25) is 0 Å². The lowest BCUT2D eigenvalue weighted by atomic mass is 10.1. The molecule has 0 aliphatic carbocycles. The van der Waals surface area contributed by atoms with Gasteiger partial charge in [-0.1, -0.05) is 20.3 Å². The summed E-state index contributed by atoms with van der Waals surface area (Å²) in [5.74, 6) is 1.86. The van der Waals surface area contributed by atoms with Crippen molar-refractivity contribution in [1.29, 1.82) is 0 Å². The molecule has 0 radical (unpaired) electrons. The van der Waals surface area contributed by atoms with Gasteiger partial charge in [0.25, 0.3) is 0 Å². The average Bonchev–Trinajstić information content (AvgIpc) is 2.84. The molecule has 2 aromatic rings. The van der Waals surface area contributed by atoms with Crippen molar-refractivity contribution in [3.63, 3.8) is 0 Å². The molecule has 0 spiro atoms. The van der Waals surface area contributed by atoms with Crippen LogP contribution < -0.4 is 10.1 Å². The summed E-state index contributed by atoms with van der Waals surface area (Å²) in [4.78, 5) is 8.78. The molecule has 1 unspecified atom stereocenters. The Morgan fingerprint density at radius 2 is 2.28 bits per heavy atom. The molecule has 0 aliphatic rings. The molecule has 5 heteroatoms. The van der Waals surface area contributed by atoms with Crippen LogP contribution in [0, 0.1) is 5.92 Å². The smallest absolute Gasteiger partial charge is 0.236 e. The highest BCUT2D eigenvalue weighted by atomic mass is 32.1. The Bertz CT molecular complexity index is 512. The molecule has 18 heavy (non-hydrogen) atoms. The largest absolute Gasteiger partial charge is 0.476 e. The van der Waals surface area contributed by atoms with E-state index in [9.17, 15) is 0 Å². The zero-order valence-corrected chi connectivity index (χ0v) is 11.9. The van der Waals surface area contributed by atoms with E-state index in [0.717, 1.165) is 10.2 Å². The quantitative estimate of drug-likeness (QED) is 0.867. The predicted octanol–water partition coefficient (Wildman–Crippen LogP) is 3.55. The lowest BCUT2D eigenvalue weighted by Crippen LogP contribution is -2.10. The van der Waals surface area contributed by atoms with Crippen LogP contribution in [0.1, 0.15) is 26.7 Å². The number of hydrogen-bond acceptors (Lipinski definition) is 5. The summed E-state index contributed by atoms with van der Waals surface area (Å²) in [6, 6.07) is 1.99. The minimum Gasteiger partial charge on any atom is -0.476 e. The van der Waals surface area contributed by atoms with Crippen LogP contribution in [0.4, 0.5) is 5.95 Å². The summed E-state index contributed by atoms with van der Waals surface area (Å²) in [6.45, 7) is 5.11. The standard InChI is InChI=1S/C13H19N3OS/c1-4-5-9(2)8-17-12-11-10(6-7-18-11)15-13(14-3)16-12/h6-7,9H,4-5,8H2,1-3H3,(H,14,15,16). The molecular weight excluding hydrogens is 246 g/mol. The maximum absolute atomic E-state index is 5.85. The number of fused-ring (bicyclic) bond motifs is 1. The molecule has 2 aromatic heterocycles. The summed E-state index contributed by atoms with van der Waals surface area (Å²) in [6.07, 6.45) is 2.36. The maximum atomic E-state index is 5.85. The second-order valence-corrected chi connectivity index (χ2v) is 5.36. The normalized spacial score (nSPS) is 12.6. The van der Waals surface area contributed by atoms with Crippen molar-refractivity contribution in [2.75, 3.05) is 19.0 Å². The van der Waals surface area contributed by atoms with E-state index in [1.165, 1.54) is 12.8 Å². The van der Waals surface area contributed by atoms with Crippen LogP contribution in [-0.4, -0.2) is 23.6 Å². The van der Waals surface area contributed by atoms with Gasteiger partial charge < -0.3 is 10.1 Å². The lowest BCUT2D eigenvalue weighted by molar-refractivity contribution is 0.246. The van der Waals surface area contributed by atoms with Crippen LogP contribution in [0.2, 0.25) is 0 Å². The van der Waals surface area contributed by atoms with E-state index in [0.29, 0.717) is 24.4 Å². The fourth-order valence-corrected chi connectivity index (χ4v) is 2.62. The van der Waals surface area contributed by atoms with Crippen molar-refractivity contribution in [3.05, 3.63) is 11.4 Å². The Morgan fingerprint density at radius 1 is 1.44 bits per heavy atom. The first-order chi connectivity index (χ1) is 8.74. The minimum absolute atomic E-state index is 0.554. The van der Waals surface area contributed by atoms with E-state index >= 15 is 0 Å². The van der Waals surface area contributed by atoms with Crippen LogP contribution in [-0.2, 0) is 0 Å². The van der Waals surface area contributed by atoms with Crippen LogP contribution >= 0.6 is 11.3 Å². The summed E-state index contributed by atoms with van der Waals surface area (Å²) in [5, 5.41) is 4.98. The van der Waals surface area contributed by atoms with E-state index in [-0.39, 0.29) is 0 Å². The zero-order chi connectivity index (χ0) is 13.0. The maximum Gasteiger partial charge on any atom is 0.236 e. The second kappa shape index (κ2) is 6.00. The van der Waals surface area contributed by atoms with Crippen LogP contribution in [0.3, 0.4) is 0 Å². The number of hydrogen-bond donors (Lipinski definition) is 1. The monoisotopic (exact) mass is 265 g/mol. The highest BCUT2D eigenvalue weighted by Gasteiger charge is 2.11. The van der Waals surface area contributed by atoms with Crippen molar-refractivity contribution >= 4 is 27.5 Å². The molecule has 2 heterocycles. The Labute approximate surface area is 111 Å². The zero-order valence-electron chi connectivity index (χ0n) is 11.1. The van der Waals surface area contributed by atoms with Gasteiger partial charge in [0.05, 0.1) is 12.1 Å². The number of ether oxygens (including phenoxy) is 1. The first-order valence-electron chi connectivity index (χ1n) is 6.30. The van der Waals surface area contributed by atoms with Gasteiger partial charge in [-0.2, -0.15) is 4.98 Å². The van der Waals surface area contributed by atoms with E-state index < -0.39 is 0 Å². The van der Waals surface area contributed by atoms with E-state index in [1.807, 2.05) is 18.5 Å². The fraction of sp³-hybridized carbons (Fsp3) is 0.538. The number of anilines is 1. The minimum atomic E-state index is 0.554. The van der Waals surface area contributed by atoms with E-state index in [2.05, 4.69) is 29.1 Å². The van der Waals surface area contributed by atoms with Crippen LogP contribution in [0.15, 0.2) is 11.4 Å². The molecule has 1 atom stereocenters. The van der Waals surface area contributed by atoms with E-state index in [1.54, 1.807) is 11.3 Å². The summed E-state index contributed by atoms with van der Waals surface area (Å²) in [7, 11) is 1.82. The second-order valence-electron chi connectivity index (χ2n) is 4.44. The molecule has 0 aliphatic heterocycles. The van der Waals surface area contributed by atoms with Crippen molar-refractivity contribution in [2.24, 2.45) is 5.92 Å². The summed E-state index contributed by atoms with van der Waals surface area (Å²) in [5.41, 5.74) is 0.942. The number of aromatic nitrogens is 2. The molecule has 0 saturated carbocycles. The Morgan fingerprint density at radius 3 is 3.00 bits per heavy atom. The topological polar surface area (TPSA) is 47.0 Å². The Kier molecular flexibility index (Phi) is 4.36. The SMILES string of the molecule is CCCC(C)COc1nc(NC)nc2ccsc12. The number of thiophene rings is 1. The van der Waals surface area contributed by atoms with Crippen molar-refractivity contribution in [3.8, 4) is 5.88 Å². The first kappa shape index (κ1) is 13.1. The number of nitrogens with one attached hydrogen (secondary N) is 1. The molecule has 4 nitrogen and oxygen atoms in total. The van der Waals surface area contributed by atoms with Crippen molar-refractivity contribution < 1.29 is 4.74 Å². The third-order valence-electron chi connectivity index (χ3n) is 2.78. The fourth-order valence-electron chi connectivity index (χ4n) is 1.84. The number of rotatable bonds is 6. The van der Waals surface area contributed by atoms with Gasteiger partial charge in [-0.05, 0) is 23.8 Å². The van der Waals surface area contributed by atoms with Crippen molar-refractivity contribution in [1.82, 2.24) is 9.97 Å². The highest BCUT2D eigenvalue weighted by molar-refractivity contribution is 7.17. The molecule has 2 rings (SSSR count). The molecule has 0 amide bonds. The molecule has 98 valence electrons. The first-order valence-corrected chi connectivity index (χ1v) is 7.18. The van der Waals surface area contributed by atoms with Gasteiger partial charge >= 0.3 is 0 Å². The third kappa shape index (κ3) is 2.90. The molecule has 1 N–H and O–H groups in total. The number of nitrogens with zero attached hydrogens (tertiary/aromatic N) is 2. The molecule has 0 bridgehead atoms. The highest BCUT2D eigenvalue weighted by Crippen LogP contribution is 2.29. The Hall–Kier alpha value is -1.36. The van der Waals surface area contributed by atoms with Gasteiger partial charge in [0, 0.05) is 7.05 Å². The summed E-state index contributed by atoms with van der Waals surface area (Å²) < 4.78 is 6.88. The van der Waals surface area contributed by atoms with Crippen LogP contribution in [0.5, 0.6) is 5.88 Å². The van der Waals surface area contributed by atoms with Crippen molar-refractivity contribution in [2.45, 2.75) is 26.7 Å². The molecular formula is C13H19N3OS. The predicted molar refractivity (Wildman–Crippen MR) is 76.5 cm³/mol. The van der Waals surface area contributed by atoms with Gasteiger partial charge in [-0.25, -0.2) is 4.98 Å². The molecule has 0 aromatic carbocycles. The lowest BCUT2D eigenvalue weighted by Gasteiger charge is -2.12. The van der Waals surface area contributed by atoms with Gasteiger partial charge in [0.1, 0.15) is 4.70 Å². The van der Waals surface area contributed by atoms with Gasteiger partial charge in [0.15, 0.2) is 0 Å². The average molecular weight is 265 g/mol. The third-order valence-corrected chi connectivity index (χ3v) is 3.67. The molecule has 0 saturated heterocycles. The van der Waals surface area contributed by atoms with Gasteiger partial charge in [-0.15, -0.1) is 11.3 Å².